The maximum absolute atomic E-state index is 11.9. The molecular weight excluding hydrogens is 1540 g/mol. The third kappa shape index (κ3) is 19.1. The van der Waals surface area contributed by atoms with Gasteiger partial charge in [0.1, 0.15) is 78.8 Å². The van der Waals surface area contributed by atoms with Crippen LogP contribution in [0.4, 0.5) is 0 Å². The van der Waals surface area contributed by atoms with Gasteiger partial charge in [0.05, 0.1) is 97.1 Å². The summed E-state index contributed by atoms with van der Waals surface area (Å²) in [4.78, 5) is 70.4. The first-order valence-corrected chi connectivity index (χ1v) is 34.4. The minimum atomic E-state index is -0.449. The number of hydrogen-bond donors (Lipinski definition) is 0. The van der Waals surface area contributed by atoms with Crippen LogP contribution in [0.25, 0.3) is 84.5 Å². The van der Waals surface area contributed by atoms with Crippen LogP contribution >= 0.6 is 63.7 Å². The third-order valence-corrected chi connectivity index (χ3v) is 20.9. The molecule has 2 aliphatic rings. The molecular formula is C76H80Br4CuN8O8+4. The van der Waals surface area contributed by atoms with Crippen LogP contribution in [-0.4, -0.2) is 161 Å². The summed E-state index contributed by atoms with van der Waals surface area (Å²) in [6.45, 7) is 20.2. The Morgan fingerprint density at radius 1 is 0.351 bits per heavy atom. The number of esters is 4. The average molecular weight is 1620 g/mol. The zero-order valence-electron chi connectivity index (χ0n) is 55.8. The summed E-state index contributed by atoms with van der Waals surface area (Å²) in [6, 6.07) is 42.1. The van der Waals surface area contributed by atoms with E-state index >= 15 is 0 Å². The van der Waals surface area contributed by atoms with Crippen molar-refractivity contribution >= 4 is 128 Å². The van der Waals surface area contributed by atoms with Crippen molar-refractivity contribution in [3.05, 3.63) is 217 Å². The molecule has 9 rings (SSSR count). The summed E-state index contributed by atoms with van der Waals surface area (Å²) in [5.41, 5.74) is 16.2. The molecule has 97 heavy (non-hydrogen) atoms. The molecule has 0 atom stereocenters. The fraction of sp³-hybridized carbons (Fsp3) is 0.263. The number of benzene rings is 4. The molecule has 1 radical (unpaired) electrons. The van der Waals surface area contributed by atoms with Crippen molar-refractivity contribution in [1.82, 2.24) is 19.9 Å². The van der Waals surface area contributed by atoms with Crippen molar-refractivity contribution < 1.29 is 73.1 Å². The number of hydrogen-bond acceptors (Lipinski definition) is 10. The molecule has 0 amide bonds. The van der Waals surface area contributed by atoms with E-state index in [1.54, 1.807) is 0 Å². The van der Waals surface area contributed by atoms with Crippen molar-refractivity contribution in [3.63, 3.8) is 0 Å². The van der Waals surface area contributed by atoms with E-state index in [-0.39, 0.29) is 43.5 Å². The van der Waals surface area contributed by atoms with Gasteiger partial charge in [-0.2, -0.15) is 0 Å². The van der Waals surface area contributed by atoms with Crippen LogP contribution in [0.3, 0.4) is 0 Å². The van der Waals surface area contributed by atoms with Gasteiger partial charge in [0.2, 0.25) is 0 Å². The van der Waals surface area contributed by atoms with Crippen LogP contribution in [0.2, 0.25) is 0 Å². The van der Waals surface area contributed by atoms with Gasteiger partial charge in [-0.05, 0) is 108 Å². The largest absolute Gasteiger partial charge is 2.00 e. The molecule has 0 aliphatic carbocycles. The maximum atomic E-state index is 11.9. The number of quaternary nitrogens is 4. The van der Waals surface area contributed by atoms with Gasteiger partial charge in [-0.1, -0.05) is 148 Å². The first-order valence-electron chi connectivity index (χ1n) is 31.2. The van der Waals surface area contributed by atoms with Crippen molar-refractivity contribution in [3.8, 4) is 44.5 Å². The number of halogens is 4. The molecule has 7 aromatic rings. The summed E-state index contributed by atoms with van der Waals surface area (Å²) in [5.74, 6) is -1.80. The van der Waals surface area contributed by atoms with Crippen molar-refractivity contribution in [2.45, 2.75) is 26.2 Å². The quantitative estimate of drug-likeness (QED) is 0.0150. The fourth-order valence-electron chi connectivity index (χ4n) is 11.6. The summed E-state index contributed by atoms with van der Waals surface area (Å²) in [5, 5.41) is 0. The molecule has 0 spiro atoms. The SMILES string of the molecule is C=CC(=O)OCC[N+](C)(C)Cc1ccc(-c2c3nc(c(-c4ccc(C[N+](C)(C)CCOC(=O)C=C)cc4)c4ccc([n-]4)c(-c4ccc(C[N+](C)(C)CCOC(=O)C=C)cc4)c4nc(c(-c5ccc(C[N+](C)(C)CCOC(=O)C=C)cc5)c5ccc2[n-]5)C(Br)=C4Br)C(Br)=C3Br)cc1.[Cu+2]. The number of carbonyl (C=O) groups excluding carboxylic acids is 4. The van der Waals surface area contributed by atoms with Crippen molar-refractivity contribution in [2.75, 3.05) is 109 Å². The van der Waals surface area contributed by atoms with Gasteiger partial charge in [-0.15, -0.1) is 22.1 Å². The van der Waals surface area contributed by atoms with E-state index in [9.17, 15) is 19.2 Å². The Morgan fingerprint density at radius 2 is 0.536 bits per heavy atom. The van der Waals surface area contributed by atoms with Crippen molar-refractivity contribution in [2.24, 2.45) is 0 Å². The molecule has 0 fully saturated rings. The molecule has 3 aromatic heterocycles. The van der Waals surface area contributed by atoms with Gasteiger partial charge >= 0.3 is 40.9 Å². The molecule has 507 valence electrons. The number of likely N-dealkylation sites (N-methyl/N-ethyl adjacent to an activating group) is 4. The van der Waals surface area contributed by atoms with E-state index in [2.05, 4.69) is 243 Å². The second kappa shape index (κ2) is 32.5. The first-order chi connectivity index (χ1) is 45.6. The molecule has 0 unspecified atom stereocenters. The van der Waals surface area contributed by atoms with E-state index in [1.165, 1.54) is 24.3 Å². The molecule has 21 heteroatoms. The van der Waals surface area contributed by atoms with E-state index in [4.69, 9.17) is 38.9 Å². The Hall–Kier alpha value is -7.40. The Kier molecular flexibility index (Phi) is 25.3. The number of fused-ring (bicyclic) bond motifs is 8. The summed E-state index contributed by atoms with van der Waals surface area (Å²) in [7, 11) is 16.9. The maximum Gasteiger partial charge on any atom is 2.00 e. The predicted octanol–water partition coefficient (Wildman–Crippen LogP) is 14.7. The van der Waals surface area contributed by atoms with Gasteiger partial charge in [0.15, 0.2) is 0 Å². The zero-order valence-corrected chi connectivity index (χ0v) is 63.1. The van der Waals surface area contributed by atoms with Crippen LogP contribution in [0.15, 0.2) is 172 Å². The molecule has 2 aliphatic heterocycles. The zero-order chi connectivity index (χ0) is 69.3. The van der Waals surface area contributed by atoms with Gasteiger partial charge in [0.25, 0.3) is 0 Å². The Balaban J connectivity index is 0.0000120. The molecule has 4 aromatic carbocycles. The molecule has 0 N–H and O–H groups in total. The smallest absolute Gasteiger partial charge is 0.657 e. The molecule has 0 saturated carbocycles. The van der Waals surface area contributed by atoms with E-state index in [0.717, 1.165) is 84.7 Å². The van der Waals surface area contributed by atoms with Crippen LogP contribution in [0, 0.1) is 0 Å². The molecule has 5 heterocycles. The second-order valence-corrected chi connectivity index (χ2v) is 29.5. The summed E-state index contributed by atoms with van der Waals surface area (Å²) >= 11 is 16.4. The van der Waals surface area contributed by atoms with Gasteiger partial charge in [0, 0.05) is 46.6 Å². The molecule has 0 saturated heterocycles. The number of ether oxygens (including phenoxy) is 4. The average Bonchev–Trinajstić information content (AvgIpc) is 1.61. The Bertz CT molecular complexity index is 3850. The molecule has 8 bridgehead atoms. The van der Waals surface area contributed by atoms with E-state index in [1.807, 2.05) is 24.3 Å². The second-order valence-electron chi connectivity index (χ2n) is 26.3. The summed E-state index contributed by atoms with van der Waals surface area (Å²) < 4.78 is 26.7. The number of aromatic nitrogens is 4. The molecule has 16 nitrogen and oxygen atoms in total. The number of carbonyl (C=O) groups is 4. The van der Waals surface area contributed by atoms with Crippen LogP contribution < -0.4 is 9.97 Å². The first kappa shape index (κ1) is 75.4. The number of nitrogens with zero attached hydrogens (tertiary/aromatic N) is 8. The van der Waals surface area contributed by atoms with E-state index in [0.29, 0.717) is 115 Å². The minimum absolute atomic E-state index is 0. The Labute approximate surface area is 612 Å². The van der Waals surface area contributed by atoms with Crippen LogP contribution in [0.5, 0.6) is 0 Å². The van der Waals surface area contributed by atoms with Crippen LogP contribution in [0.1, 0.15) is 45.0 Å². The van der Waals surface area contributed by atoms with Gasteiger partial charge in [-0.3, -0.25) is 0 Å². The summed E-state index contributed by atoms with van der Waals surface area (Å²) in [6.07, 6.45) is 4.71. The predicted molar refractivity (Wildman–Crippen MR) is 397 cm³/mol. The normalized spacial score (nSPS) is 12.6. The Morgan fingerprint density at radius 3 is 0.711 bits per heavy atom. The van der Waals surface area contributed by atoms with Crippen LogP contribution in [-0.2, 0) is 81.4 Å². The fourth-order valence-corrected chi connectivity index (χ4v) is 13.5. The standard InChI is InChI=1S/C76H80Br4N8O8.Cu/c1-13-61(89)93-41-37-85(5,6)45-49-17-25-53(26-18-49)65-57-33-34-58(81-57)66(54-27-19-50(20-28-54)46-86(7,8)38-42-94-62(90)14-2)75-71(79)72(80)76(84-75)68(56-31-23-52(24-32-56)48-88(11,12)40-44-96-64(92)16-4)60-36-35-59(82-60)67(74-70(78)69(77)73(65)83-74)55-29-21-51(22-30-55)47-87(9,10)39-43-95-63(91)15-3;/h13-36H,1-4,37-48H2,5-12H3;/q2*+2. The monoisotopic (exact) mass is 1610 g/mol. The third-order valence-electron chi connectivity index (χ3n) is 16.8. The minimum Gasteiger partial charge on any atom is -0.657 e. The number of rotatable bonds is 28. The van der Waals surface area contributed by atoms with Crippen molar-refractivity contribution in [1.29, 1.82) is 0 Å². The van der Waals surface area contributed by atoms with E-state index < -0.39 is 23.9 Å². The topological polar surface area (TPSA) is 159 Å². The van der Waals surface area contributed by atoms with Gasteiger partial charge < -0.3 is 46.8 Å². The van der Waals surface area contributed by atoms with Gasteiger partial charge in [-0.25, -0.2) is 29.1 Å².